The topological polar surface area (TPSA) is 29.3 Å². The Balaban J connectivity index is 2.28. The van der Waals surface area contributed by atoms with Crippen LogP contribution < -0.4 is 5.73 Å². The van der Waals surface area contributed by atoms with Crippen molar-refractivity contribution in [1.29, 1.82) is 0 Å². The van der Waals surface area contributed by atoms with Crippen LogP contribution in [0, 0.1) is 17.7 Å². The Morgan fingerprint density at radius 1 is 1.15 bits per heavy atom. The lowest BCUT2D eigenvalue weighted by molar-refractivity contribution is 0.278. The van der Waals surface area contributed by atoms with E-state index < -0.39 is 0 Å². The largest absolute Gasteiger partial charge is 0.330 e. The van der Waals surface area contributed by atoms with Crippen molar-refractivity contribution in [3.63, 3.8) is 0 Å². The summed E-state index contributed by atoms with van der Waals surface area (Å²) >= 11 is 0. The van der Waals surface area contributed by atoms with E-state index >= 15 is 0 Å². The zero-order valence-electron chi connectivity index (χ0n) is 13.1. The van der Waals surface area contributed by atoms with Crippen LogP contribution in [0.2, 0.25) is 0 Å². The molecule has 1 rings (SSSR count). The Kier molecular flexibility index (Phi) is 7.78. The van der Waals surface area contributed by atoms with Crippen molar-refractivity contribution in [3.8, 4) is 0 Å². The van der Waals surface area contributed by atoms with Gasteiger partial charge in [0.25, 0.3) is 0 Å². The standard InChI is InChI=1S/C17H29FN2/c1-14(2)16(10-11-19)5-4-12-20(3)13-15-6-8-17(18)9-7-15/h6-9,14,16H,4-5,10-13,19H2,1-3H3. The Bertz CT molecular complexity index is 362. The molecule has 1 unspecified atom stereocenters. The number of hydrogen-bond donors (Lipinski definition) is 1. The molecular formula is C17H29FN2. The van der Waals surface area contributed by atoms with Gasteiger partial charge in [-0.25, -0.2) is 4.39 Å². The molecule has 0 spiro atoms. The maximum absolute atomic E-state index is 12.8. The summed E-state index contributed by atoms with van der Waals surface area (Å²) in [6.07, 6.45) is 3.56. The molecule has 1 aromatic carbocycles. The van der Waals surface area contributed by atoms with Crippen LogP contribution >= 0.6 is 0 Å². The fourth-order valence-corrected chi connectivity index (χ4v) is 2.63. The SMILES string of the molecule is CC(C)C(CCN)CCCN(C)Cc1ccc(F)cc1. The molecule has 0 aliphatic rings. The number of nitrogens with zero attached hydrogens (tertiary/aromatic N) is 1. The lowest BCUT2D eigenvalue weighted by Gasteiger charge is -2.22. The molecule has 3 heteroatoms. The minimum absolute atomic E-state index is 0.169. The molecule has 0 radical (unpaired) electrons. The summed E-state index contributed by atoms with van der Waals surface area (Å²) in [4.78, 5) is 2.30. The first-order chi connectivity index (χ1) is 9.52. The Morgan fingerprint density at radius 3 is 2.35 bits per heavy atom. The Morgan fingerprint density at radius 2 is 1.80 bits per heavy atom. The molecule has 0 aliphatic carbocycles. The van der Waals surface area contributed by atoms with Gasteiger partial charge in [0.15, 0.2) is 0 Å². The van der Waals surface area contributed by atoms with Crippen LogP contribution in [0.3, 0.4) is 0 Å². The van der Waals surface area contributed by atoms with Crippen LogP contribution in [0.15, 0.2) is 24.3 Å². The molecule has 0 heterocycles. The third-order valence-electron chi connectivity index (χ3n) is 3.96. The molecule has 2 N–H and O–H groups in total. The lowest BCUT2D eigenvalue weighted by Crippen LogP contribution is -2.21. The number of benzene rings is 1. The summed E-state index contributed by atoms with van der Waals surface area (Å²) in [5, 5.41) is 0. The van der Waals surface area contributed by atoms with Gasteiger partial charge in [0, 0.05) is 6.54 Å². The van der Waals surface area contributed by atoms with Crippen LogP contribution in [0.5, 0.6) is 0 Å². The van der Waals surface area contributed by atoms with Crippen LogP contribution in [-0.4, -0.2) is 25.0 Å². The van der Waals surface area contributed by atoms with E-state index in [4.69, 9.17) is 5.73 Å². The molecular weight excluding hydrogens is 251 g/mol. The second kappa shape index (κ2) is 9.09. The van der Waals surface area contributed by atoms with Gasteiger partial charge in [0.1, 0.15) is 5.82 Å². The Hall–Kier alpha value is -0.930. The van der Waals surface area contributed by atoms with E-state index in [9.17, 15) is 4.39 Å². The number of hydrogen-bond acceptors (Lipinski definition) is 2. The summed E-state index contributed by atoms with van der Waals surface area (Å²) in [6.45, 7) is 7.30. The van der Waals surface area contributed by atoms with Crippen LogP contribution in [0.4, 0.5) is 4.39 Å². The second-order valence-electron chi connectivity index (χ2n) is 6.09. The fourth-order valence-electron chi connectivity index (χ4n) is 2.63. The molecule has 0 saturated carbocycles. The highest BCUT2D eigenvalue weighted by atomic mass is 19.1. The van der Waals surface area contributed by atoms with E-state index in [0.717, 1.165) is 37.5 Å². The first kappa shape index (κ1) is 17.1. The third-order valence-corrected chi connectivity index (χ3v) is 3.96. The molecule has 0 aliphatic heterocycles. The molecule has 0 fully saturated rings. The summed E-state index contributed by atoms with van der Waals surface area (Å²) in [6, 6.07) is 6.77. The minimum Gasteiger partial charge on any atom is -0.330 e. The van der Waals surface area contributed by atoms with E-state index in [0.29, 0.717) is 5.92 Å². The van der Waals surface area contributed by atoms with Crippen molar-refractivity contribution in [2.45, 2.75) is 39.7 Å². The Labute approximate surface area is 123 Å². The zero-order chi connectivity index (χ0) is 15.0. The van der Waals surface area contributed by atoms with Gasteiger partial charge in [-0.1, -0.05) is 26.0 Å². The summed E-state index contributed by atoms with van der Waals surface area (Å²) in [7, 11) is 2.12. The van der Waals surface area contributed by atoms with E-state index in [1.807, 2.05) is 12.1 Å². The van der Waals surface area contributed by atoms with Crippen molar-refractivity contribution in [2.24, 2.45) is 17.6 Å². The highest BCUT2D eigenvalue weighted by Crippen LogP contribution is 2.20. The second-order valence-corrected chi connectivity index (χ2v) is 6.09. The average molecular weight is 280 g/mol. The lowest BCUT2D eigenvalue weighted by atomic mass is 9.88. The van der Waals surface area contributed by atoms with Crippen molar-refractivity contribution >= 4 is 0 Å². The highest BCUT2D eigenvalue weighted by Gasteiger charge is 2.12. The van der Waals surface area contributed by atoms with Crippen LogP contribution in [0.1, 0.15) is 38.7 Å². The summed E-state index contributed by atoms with van der Waals surface area (Å²) in [5.41, 5.74) is 6.84. The number of nitrogens with two attached hydrogens (primary N) is 1. The number of halogens is 1. The van der Waals surface area contributed by atoms with Gasteiger partial charge < -0.3 is 10.6 Å². The first-order valence-electron chi connectivity index (χ1n) is 7.66. The van der Waals surface area contributed by atoms with Gasteiger partial charge in [-0.2, -0.15) is 0 Å². The van der Waals surface area contributed by atoms with E-state index in [2.05, 4.69) is 25.8 Å². The molecule has 0 amide bonds. The molecule has 0 aromatic heterocycles. The zero-order valence-corrected chi connectivity index (χ0v) is 13.1. The minimum atomic E-state index is -0.169. The maximum Gasteiger partial charge on any atom is 0.123 e. The average Bonchev–Trinajstić information content (AvgIpc) is 2.40. The van der Waals surface area contributed by atoms with Gasteiger partial charge in [0.2, 0.25) is 0 Å². The normalized spacial score (nSPS) is 13.2. The molecule has 20 heavy (non-hydrogen) atoms. The monoisotopic (exact) mass is 280 g/mol. The molecule has 1 aromatic rings. The van der Waals surface area contributed by atoms with Gasteiger partial charge in [-0.05, 0) is 68.9 Å². The van der Waals surface area contributed by atoms with Gasteiger partial charge in [-0.15, -0.1) is 0 Å². The molecule has 1 atom stereocenters. The molecule has 0 saturated heterocycles. The van der Waals surface area contributed by atoms with Crippen molar-refractivity contribution in [1.82, 2.24) is 4.90 Å². The van der Waals surface area contributed by atoms with E-state index in [1.54, 1.807) is 0 Å². The van der Waals surface area contributed by atoms with Gasteiger partial charge in [-0.3, -0.25) is 0 Å². The smallest absolute Gasteiger partial charge is 0.123 e. The van der Waals surface area contributed by atoms with Crippen molar-refractivity contribution < 1.29 is 4.39 Å². The van der Waals surface area contributed by atoms with E-state index in [-0.39, 0.29) is 5.82 Å². The van der Waals surface area contributed by atoms with Gasteiger partial charge >= 0.3 is 0 Å². The summed E-state index contributed by atoms with van der Waals surface area (Å²) in [5.74, 6) is 1.28. The highest BCUT2D eigenvalue weighted by molar-refractivity contribution is 5.15. The summed E-state index contributed by atoms with van der Waals surface area (Å²) < 4.78 is 12.8. The molecule has 0 bridgehead atoms. The quantitative estimate of drug-likeness (QED) is 0.748. The maximum atomic E-state index is 12.8. The van der Waals surface area contributed by atoms with Crippen LogP contribution in [-0.2, 0) is 6.54 Å². The predicted molar refractivity (Wildman–Crippen MR) is 84.0 cm³/mol. The molecule has 2 nitrogen and oxygen atoms in total. The first-order valence-corrected chi connectivity index (χ1v) is 7.66. The number of rotatable bonds is 9. The van der Waals surface area contributed by atoms with Crippen molar-refractivity contribution in [3.05, 3.63) is 35.6 Å². The van der Waals surface area contributed by atoms with E-state index in [1.165, 1.54) is 25.0 Å². The van der Waals surface area contributed by atoms with Crippen molar-refractivity contribution in [2.75, 3.05) is 20.1 Å². The van der Waals surface area contributed by atoms with Gasteiger partial charge in [0.05, 0.1) is 0 Å². The predicted octanol–water partition coefficient (Wildman–Crippen LogP) is 3.66. The van der Waals surface area contributed by atoms with Crippen LogP contribution in [0.25, 0.3) is 0 Å². The molecule has 114 valence electrons. The third kappa shape index (κ3) is 6.49. The fraction of sp³-hybridized carbons (Fsp3) is 0.647.